The number of hydrogen-bond donors (Lipinski definition) is 4. The number of carbonyl (C=O) groups excluding carboxylic acids is 1. The molecule has 0 aliphatic carbocycles. The summed E-state index contributed by atoms with van der Waals surface area (Å²) in [5.74, 6) is 0.291. The van der Waals surface area contributed by atoms with Gasteiger partial charge in [-0.15, -0.1) is 0 Å². The minimum absolute atomic E-state index is 0.0139. The molecule has 0 saturated heterocycles. The second-order valence-corrected chi connectivity index (χ2v) is 8.33. The smallest absolute Gasteiger partial charge is 0.240 e. The Balaban J connectivity index is 1.59. The Kier molecular flexibility index (Phi) is 9.07. The van der Waals surface area contributed by atoms with Crippen LogP contribution in [0.15, 0.2) is 36.5 Å². The van der Waals surface area contributed by atoms with E-state index in [-0.39, 0.29) is 25.7 Å². The van der Waals surface area contributed by atoms with Crippen molar-refractivity contribution in [3.8, 4) is 10.6 Å². The number of benzene rings is 1. The Morgan fingerprint density at radius 3 is 2.67 bits per heavy atom. The Morgan fingerprint density at radius 1 is 1.15 bits per heavy atom. The molecule has 0 aliphatic heterocycles. The van der Waals surface area contributed by atoms with Crippen molar-refractivity contribution in [2.75, 3.05) is 62.5 Å². The van der Waals surface area contributed by atoms with Gasteiger partial charge < -0.3 is 30.7 Å². The first-order valence-electron chi connectivity index (χ1n) is 10.5. The number of thiazole rings is 1. The number of aryl methyl sites for hydroxylation is 1. The minimum Gasteiger partial charge on any atom is -0.394 e. The molecule has 4 N–H and O–H groups in total. The van der Waals surface area contributed by atoms with Crippen molar-refractivity contribution in [2.24, 2.45) is 0 Å². The summed E-state index contributed by atoms with van der Waals surface area (Å²) >= 11 is 1.36. The lowest BCUT2D eigenvalue weighted by atomic mass is 10.2. The van der Waals surface area contributed by atoms with Crippen LogP contribution in [0.5, 0.6) is 0 Å². The van der Waals surface area contributed by atoms with Crippen LogP contribution in [0.2, 0.25) is 0 Å². The quantitative estimate of drug-likeness (QED) is 0.294. The third-order valence-electron chi connectivity index (χ3n) is 4.52. The monoisotopic (exact) mass is 471 g/mol. The molecule has 33 heavy (non-hydrogen) atoms. The van der Waals surface area contributed by atoms with Crippen molar-refractivity contribution in [1.82, 2.24) is 20.3 Å². The van der Waals surface area contributed by atoms with Crippen molar-refractivity contribution in [1.29, 1.82) is 0 Å². The summed E-state index contributed by atoms with van der Waals surface area (Å²) in [7, 11) is 3.99. The number of nitrogens with one attached hydrogen (secondary N) is 3. The van der Waals surface area contributed by atoms with E-state index in [1.165, 1.54) is 11.3 Å². The maximum absolute atomic E-state index is 12.2. The molecule has 2 aromatic heterocycles. The van der Waals surface area contributed by atoms with Crippen molar-refractivity contribution >= 4 is 39.7 Å². The van der Waals surface area contributed by atoms with Gasteiger partial charge in [0.1, 0.15) is 0 Å². The first-order valence-corrected chi connectivity index (χ1v) is 11.3. The highest BCUT2D eigenvalue weighted by Crippen LogP contribution is 2.32. The Labute approximate surface area is 197 Å². The number of hydrogen-bond acceptors (Lipinski definition) is 10. The van der Waals surface area contributed by atoms with Crippen LogP contribution in [0.1, 0.15) is 5.69 Å². The van der Waals surface area contributed by atoms with Crippen LogP contribution in [0.25, 0.3) is 10.6 Å². The van der Waals surface area contributed by atoms with Gasteiger partial charge in [0, 0.05) is 38.2 Å². The van der Waals surface area contributed by atoms with Gasteiger partial charge in [-0.2, -0.15) is 0 Å². The van der Waals surface area contributed by atoms with E-state index >= 15 is 0 Å². The van der Waals surface area contributed by atoms with Crippen molar-refractivity contribution in [3.05, 3.63) is 42.2 Å². The van der Waals surface area contributed by atoms with E-state index in [0.717, 1.165) is 27.6 Å². The summed E-state index contributed by atoms with van der Waals surface area (Å²) in [6, 6.07) is 9.81. The second-order valence-electron chi connectivity index (χ2n) is 7.33. The van der Waals surface area contributed by atoms with Crippen LogP contribution < -0.4 is 20.9 Å². The fourth-order valence-electron chi connectivity index (χ4n) is 2.88. The Bertz CT molecular complexity index is 1040. The summed E-state index contributed by atoms with van der Waals surface area (Å²) in [5.41, 5.74) is 3.50. The van der Waals surface area contributed by atoms with E-state index < -0.39 is 0 Å². The van der Waals surface area contributed by atoms with E-state index in [1.54, 1.807) is 6.20 Å². The van der Waals surface area contributed by atoms with Gasteiger partial charge in [-0.25, -0.2) is 15.0 Å². The van der Waals surface area contributed by atoms with Crippen LogP contribution in [-0.2, 0) is 9.53 Å². The Hall–Kier alpha value is -3.12. The number of aliphatic hydroxyl groups excluding tert-OH is 1. The number of carbonyl (C=O) groups is 1. The fourth-order valence-corrected chi connectivity index (χ4v) is 3.83. The van der Waals surface area contributed by atoms with Crippen LogP contribution in [0.3, 0.4) is 0 Å². The zero-order valence-corrected chi connectivity index (χ0v) is 19.8. The molecule has 0 fully saturated rings. The van der Waals surface area contributed by atoms with Crippen molar-refractivity contribution in [2.45, 2.75) is 6.92 Å². The standard InChI is InChI=1S/C22H29N7O3S/c1-15-20(33-22(25-15)28-19(31)14-23-10-12-32-13-11-30)18-8-9-24-21(27-18)26-16-4-6-17(7-5-16)29(2)3/h4-9,23,30H,10-14H2,1-3H3,(H,24,26,27)(H,25,28,31). The van der Waals surface area contributed by atoms with Gasteiger partial charge >= 0.3 is 0 Å². The molecule has 0 bridgehead atoms. The lowest BCUT2D eigenvalue weighted by Gasteiger charge is -2.13. The molecule has 1 amide bonds. The predicted octanol–water partition coefficient (Wildman–Crippen LogP) is 2.26. The minimum atomic E-state index is -0.191. The number of amides is 1. The zero-order chi connectivity index (χ0) is 23.6. The van der Waals surface area contributed by atoms with Gasteiger partial charge in [-0.3, -0.25) is 4.79 Å². The summed E-state index contributed by atoms with van der Waals surface area (Å²) < 4.78 is 5.14. The molecule has 2 heterocycles. The zero-order valence-electron chi connectivity index (χ0n) is 19.0. The van der Waals surface area contributed by atoms with Gasteiger partial charge in [0.2, 0.25) is 11.9 Å². The topological polar surface area (TPSA) is 125 Å². The molecule has 0 unspecified atom stereocenters. The first kappa shape index (κ1) is 24.5. The molecule has 3 aromatic rings. The number of aliphatic hydroxyl groups is 1. The molecule has 176 valence electrons. The van der Waals surface area contributed by atoms with Crippen LogP contribution >= 0.6 is 11.3 Å². The van der Waals surface area contributed by atoms with Gasteiger partial charge in [0.25, 0.3) is 0 Å². The molecule has 0 atom stereocenters. The summed E-state index contributed by atoms with van der Waals surface area (Å²) in [4.78, 5) is 28.4. The van der Waals surface area contributed by atoms with E-state index in [2.05, 4.69) is 30.9 Å². The van der Waals surface area contributed by atoms with Gasteiger partial charge in [0.05, 0.1) is 42.6 Å². The molecule has 10 nitrogen and oxygen atoms in total. The molecular weight excluding hydrogens is 442 g/mol. The van der Waals surface area contributed by atoms with Crippen molar-refractivity contribution < 1.29 is 14.6 Å². The van der Waals surface area contributed by atoms with Crippen LogP contribution in [0.4, 0.5) is 22.5 Å². The number of ether oxygens (including phenoxy) is 1. The maximum Gasteiger partial charge on any atom is 0.240 e. The van der Waals surface area contributed by atoms with E-state index in [9.17, 15) is 4.79 Å². The molecule has 1 aromatic carbocycles. The lowest BCUT2D eigenvalue weighted by Crippen LogP contribution is -2.30. The largest absolute Gasteiger partial charge is 0.394 e. The molecule has 0 saturated carbocycles. The summed E-state index contributed by atoms with van der Waals surface area (Å²) in [6.45, 7) is 3.25. The average molecular weight is 472 g/mol. The molecular formula is C22H29N7O3S. The van der Waals surface area contributed by atoms with E-state index in [4.69, 9.17) is 9.84 Å². The molecule has 11 heteroatoms. The lowest BCUT2D eigenvalue weighted by molar-refractivity contribution is -0.115. The average Bonchev–Trinajstić information content (AvgIpc) is 3.16. The van der Waals surface area contributed by atoms with Gasteiger partial charge in [0.15, 0.2) is 5.13 Å². The van der Waals surface area contributed by atoms with E-state index in [1.807, 2.05) is 56.3 Å². The highest BCUT2D eigenvalue weighted by Gasteiger charge is 2.14. The number of rotatable bonds is 12. The number of aromatic nitrogens is 3. The summed E-state index contributed by atoms with van der Waals surface area (Å²) in [5, 5.41) is 18.2. The highest BCUT2D eigenvalue weighted by atomic mass is 32.1. The SMILES string of the molecule is Cc1nc(NC(=O)CNCCOCCO)sc1-c1ccnc(Nc2ccc(N(C)C)cc2)n1. The molecule has 0 spiro atoms. The predicted molar refractivity (Wildman–Crippen MR) is 131 cm³/mol. The van der Waals surface area contributed by atoms with Crippen LogP contribution in [-0.4, -0.2) is 73.0 Å². The van der Waals surface area contributed by atoms with Gasteiger partial charge in [-0.05, 0) is 37.3 Å². The second kappa shape index (κ2) is 12.2. The van der Waals surface area contributed by atoms with Gasteiger partial charge in [-0.1, -0.05) is 11.3 Å². The third kappa shape index (κ3) is 7.46. The molecule has 0 aliphatic rings. The normalized spacial score (nSPS) is 10.8. The Morgan fingerprint density at radius 2 is 1.94 bits per heavy atom. The van der Waals surface area contributed by atoms with Crippen molar-refractivity contribution in [3.63, 3.8) is 0 Å². The van der Waals surface area contributed by atoms with Crippen LogP contribution in [0, 0.1) is 6.92 Å². The third-order valence-corrected chi connectivity index (χ3v) is 5.61. The maximum atomic E-state index is 12.2. The molecule has 0 radical (unpaired) electrons. The first-order chi connectivity index (χ1) is 16.0. The number of nitrogens with zero attached hydrogens (tertiary/aromatic N) is 4. The summed E-state index contributed by atoms with van der Waals surface area (Å²) in [6.07, 6.45) is 1.69. The number of anilines is 4. The molecule has 3 rings (SSSR count). The van der Waals surface area contributed by atoms with E-state index in [0.29, 0.717) is 24.2 Å². The highest BCUT2D eigenvalue weighted by molar-refractivity contribution is 7.19. The fraction of sp³-hybridized carbons (Fsp3) is 0.364.